The zero-order valence-electron chi connectivity index (χ0n) is 16.1. The standard InChI is InChI=1S/C25H26F2/c1-3-17-4-6-18(7-5-17)19-8-11-22-16(2)23(12-9-20(22)14-19)21-10-13-24(26)25(27)15-21/h8-15,17-18H,3-7H2,1-2H3. The van der Waals surface area contributed by atoms with Crippen LogP contribution in [-0.4, -0.2) is 0 Å². The molecule has 0 spiro atoms. The zero-order chi connectivity index (χ0) is 19.0. The summed E-state index contributed by atoms with van der Waals surface area (Å²) in [4.78, 5) is 0. The maximum absolute atomic E-state index is 13.6. The highest BCUT2D eigenvalue weighted by Crippen LogP contribution is 2.39. The van der Waals surface area contributed by atoms with Crippen molar-refractivity contribution in [2.45, 2.75) is 51.9 Å². The Hall–Kier alpha value is -2.22. The van der Waals surface area contributed by atoms with Gasteiger partial charge < -0.3 is 0 Å². The van der Waals surface area contributed by atoms with E-state index >= 15 is 0 Å². The molecule has 0 aromatic heterocycles. The Kier molecular flexibility index (Phi) is 4.99. The molecule has 1 fully saturated rings. The van der Waals surface area contributed by atoms with E-state index in [4.69, 9.17) is 0 Å². The van der Waals surface area contributed by atoms with E-state index in [2.05, 4.69) is 38.1 Å². The Morgan fingerprint density at radius 2 is 1.63 bits per heavy atom. The number of hydrogen-bond acceptors (Lipinski definition) is 0. The smallest absolute Gasteiger partial charge is 0.159 e. The van der Waals surface area contributed by atoms with Crippen molar-refractivity contribution in [3.8, 4) is 11.1 Å². The van der Waals surface area contributed by atoms with Crippen LogP contribution in [0.1, 0.15) is 56.1 Å². The van der Waals surface area contributed by atoms with E-state index in [-0.39, 0.29) is 0 Å². The molecule has 0 N–H and O–H groups in total. The van der Waals surface area contributed by atoms with Gasteiger partial charge >= 0.3 is 0 Å². The monoisotopic (exact) mass is 364 g/mol. The van der Waals surface area contributed by atoms with E-state index in [9.17, 15) is 8.78 Å². The van der Waals surface area contributed by atoms with Gasteiger partial charge in [-0.1, -0.05) is 49.7 Å². The molecule has 1 saturated carbocycles. The van der Waals surface area contributed by atoms with Gasteiger partial charge in [-0.25, -0.2) is 8.78 Å². The van der Waals surface area contributed by atoms with Gasteiger partial charge in [0.1, 0.15) is 0 Å². The van der Waals surface area contributed by atoms with Crippen LogP contribution < -0.4 is 0 Å². The fourth-order valence-corrected chi connectivity index (χ4v) is 4.64. The molecule has 1 aliphatic rings. The van der Waals surface area contributed by atoms with Gasteiger partial charge in [0.05, 0.1) is 0 Å². The van der Waals surface area contributed by atoms with Crippen LogP contribution in [0.3, 0.4) is 0 Å². The Morgan fingerprint density at radius 3 is 2.33 bits per heavy atom. The lowest BCUT2D eigenvalue weighted by atomic mass is 9.77. The Bertz CT molecular complexity index is 965. The number of rotatable bonds is 3. The summed E-state index contributed by atoms with van der Waals surface area (Å²) in [7, 11) is 0. The molecule has 0 bridgehead atoms. The molecule has 1 aliphatic carbocycles. The summed E-state index contributed by atoms with van der Waals surface area (Å²) >= 11 is 0. The second kappa shape index (κ2) is 7.42. The van der Waals surface area contributed by atoms with Crippen molar-refractivity contribution in [1.29, 1.82) is 0 Å². The lowest BCUT2D eigenvalue weighted by Crippen LogP contribution is -2.12. The highest BCUT2D eigenvalue weighted by molar-refractivity contribution is 5.92. The van der Waals surface area contributed by atoms with Gasteiger partial charge in [0.25, 0.3) is 0 Å². The normalized spacial score (nSPS) is 20.1. The third kappa shape index (κ3) is 3.50. The highest BCUT2D eigenvalue weighted by atomic mass is 19.2. The molecular formula is C25H26F2. The topological polar surface area (TPSA) is 0 Å². The maximum Gasteiger partial charge on any atom is 0.159 e. The molecule has 0 saturated heterocycles. The lowest BCUT2D eigenvalue weighted by molar-refractivity contribution is 0.319. The average Bonchev–Trinajstić information content (AvgIpc) is 2.70. The number of hydrogen-bond donors (Lipinski definition) is 0. The average molecular weight is 364 g/mol. The Balaban J connectivity index is 1.67. The second-order valence-electron chi connectivity index (χ2n) is 7.97. The van der Waals surface area contributed by atoms with Crippen LogP contribution in [0, 0.1) is 24.5 Å². The molecular weight excluding hydrogens is 338 g/mol. The van der Waals surface area contributed by atoms with Crippen LogP contribution in [0.15, 0.2) is 48.5 Å². The van der Waals surface area contributed by atoms with E-state index < -0.39 is 11.6 Å². The van der Waals surface area contributed by atoms with Gasteiger partial charge in [0, 0.05) is 0 Å². The van der Waals surface area contributed by atoms with Crippen molar-refractivity contribution < 1.29 is 8.78 Å². The quantitative estimate of drug-likeness (QED) is 0.445. The molecule has 0 nitrogen and oxygen atoms in total. The first-order chi connectivity index (χ1) is 13.1. The highest BCUT2D eigenvalue weighted by Gasteiger charge is 2.21. The largest absolute Gasteiger partial charge is 0.204 e. The number of fused-ring (bicyclic) bond motifs is 1. The predicted octanol–water partition coefficient (Wildman–Crippen LogP) is 7.78. The first-order valence-corrected chi connectivity index (χ1v) is 10.1. The molecule has 4 rings (SSSR count). The van der Waals surface area contributed by atoms with Gasteiger partial charge in [0.15, 0.2) is 11.6 Å². The Labute approximate surface area is 160 Å². The summed E-state index contributed by atoms with van der Waals surface area (Å²) in [6, 6.07) is 15.1. The van der Waals surface area contributed by atoms with E-state index in [1.54, 1.807) is 6.07 Å². The molecule has 27 heavy (non-hydrogen) atoms. The summed E-state index contributed by atoms with van der Waals surface area (Å²) < 4.78 is 26.9. The van der Waals surface area contributed by atoms with E-state index in [1.807, 2.05) is 6.07 Å². The lowest BCUT2D eigenvalue weighted by Gasteiger charge is -2.28. The van der Waals surface area contributed by atoms with E-state index in [1.165, 1.54) is 60.6 Å². The molecule has 3 aromatic rings. The van der Waals surface area contributed by atoms with Crippen LogP contribution in [0.5, 0.6) is 0 Å². The van der Waals surface area contributed by atoms with Crippen LogP contribution in [0.2, 0.25) is 0 Å². The second-order valence-corrected chi connectivity index (χ2v) is 7.97. The van der Waals surface area contributed by atoms with E-state index in [0.29, 0.717) is 5.92 Å². The fourth-order valence-electron chi connectivity index (χ4n) is 4.64. The maximum atomic E-state index is 13.6. The van der Waals surface area contributed by atoms with Gasteiger partial charge in [-0.3, -0.25) is 0 Å². The van der Waals surface area contributed by atoms with Crippen molar-refractivity contribution in [3.05, 3.63) is 71.3 Å². The van der Waals surface area contributed by atoms with Gasteiger partial charge in [0.2, 0.25) is 0 Å². The molecule has 3 aromatic carbocycles. The molecule has 0 atom stereocenters. The summed E-state index contributed by atoms with van der Waals surface area (Å²) in [5.74, 6) is -0.0318. The minimum atomic E-state index is -0.806. The number of halogens is 2. The minimum Gasteiger partial charge on any atom is -0.204 e. The summed E-state index contributed by atoms with van der Waals surface area (Å²) in [6.07, 6.45) is 6.56. The fraction of sp³-hybridized carbons (Fsp3) is 0.360. The number of aryl methyl sites for hydroxylation is 1. The molecule has 0 heterocycles. The summed E-state index contributed by atoms with van der Waals surface area (Å²) in [5, 5.41) is 2.41. The van der Waals surface area contributed by atoms with Crippen LogP contribution >= 0.6 is 0 Å². The van der Waals surface area contributed by atoms with Crippen LogP contribution in [0.4, 0.5) is 8.78 Å². The molecule has 0 radical (unpaired) electrons. The van der Waals surface area contributed by atoms with Crippen molar-refractivity contribution in [3.63, 3.8) is 0 Å². The van der Waals surface area contributed by atoms with Crippen molar-refractivity contribution in [1.82, 2.24) is 0 Å². The van der Waals surface area contributed by atoms with Crippen molar-refractivity contribution >= 4 is 10.8 Å². The van der Waals surface area contributed by atoms with Crippen molar-refractivity contribution in [2.24, 2.45) is 5.92 Å². The van der Waals surface area contributed by atoms with Crippen LogP contribution in [-0.2, 0) is 0 Å². The molecule has 2 heteroatoms. The third-order valence-corrected chi connectivity index (χ3v) is 6.44. The van der Waals surface area contributed by atoms with Gasteiger partial charge in [-0.2, -0.15) is 0 Å². The Morgan fingerprint density at radius 1 is 0.852 bits per heavy atom. The SMILES string of the molecule is CCC1CCC(c2ccc3c(C)c(-c4ccc(F)c(F)c4)ccc3c2)CC1. The predicted molar refractivity (Wildman–Crippen MR) is 109 cm³/mol. The first-order valence-electron chi connectivity index (χ1n) is 10.1. The molecule has 140 valence electrons. The van der Waals surface area contributed by atoms with Gasteiger partial charge in [-0.05, 0) is 89.6 Å². The number of benzene rings is 3. The summed E-state index contributed by atoms with van der Waals surface area (Å²) in [5.41, 5.74) is 4.23. The third-order valence-electron chi connectivity index (χ3n) is 6.44. The molecule has 0 unspecified atom stereocenters. The van der Waals surface area contributed by atoms with Crippen LogP contribution in [0.25, 0.3) is 21.9 Å². The van der Waals surface area contributed by atoms with E-state index in [0.717, 1.165) is 22.6 Å². The summed E-state index contributed by atoms with van der Waals surface area (Å²) in [6.45, 7) is 4.36. The first kappa shape index (κ1) is 18.2. The molecule has 0 amide bonds. The minimum absolute atomic E-state index is 0.670. The molecule has 0 aliphatic heterocycles. The van der Waals surface area contributed by atoms with Crippen molar-refractivity contribution in [2.75, 3.05) is 0 Å². The van der Waals surface area contributed by atoms with Gasteiger partial charge in [-0.15, -0.1) is 0 Å². The zero-order valence-corrected chi connectivity index (χ0v) is 16.1.